The van der Waals surface area contributed by atoms with Crippen LogP contribution in [0.15, 0.2) is 18.2 Å². The van der Waals surface area contributed by atoms with E-state index in [-0.39, 0.29) is 0 Å². The van der Waals surface area contributed by atoms with Gasteiger partial charge in [-0.1, -0.05) is 26.0 Å². The molecule has 0 fully saturated rings. The molecule has 0 unspecified atom stereocenters. The molecule has 0 amide bonds. The van der Waals surface area contributed by atoms with Crippen LogP contribution in [0.1, 0.15) is 25.0 Å². The Balaban J connectivity index is 2.91. The molecule has 0 bridgehead atoms. The van der Waals surface area contributed by atoms with Crippen LogP contribution in [0.2, 0.25) is 0 Å². The number of nitrogens with zero attached hydrogens (tertiary/aromatic N) is 1. The Morgan fingerprint density at radius 1 is 1.58 bits per heavy atom. The van der Waals surface area contributed by atoms with E-state index < -0.39 is 0 Å². The van der Waals surface area contributed by atoms with Crippen LogP contribution in [0.5, 0.6) is 0 Å². The van der Waals surface area contributed by atoms with Gasteiger partial charge in [0.1, 0.15) is 0 Å². The van der Waals surface area contributed by atoms with Gasteiger partial charge in [0.15, 0.2) is 0 Å². The molecule has 0 aromatic heterocycles. The Hall–Kier alpha value is -1.29. The molecule has 1 rings (SSSR count). The van der Waals surface area contributed by atoms with Gasteiger partial charge in [0.2, 0.25) is 0 Å². The van der Waals surface area contributed by atoms with Crippen molar-refractivity contribution in [2.45, 2.75) is 20.3 Å². The van der Waals surface area contributed by atoms with Crippen molar-refractivity contribution in [3.05, 3.63) is 35.4 Å². The maximum Gasteiger partial charge on any atom is 0.0994 e. The second kappa shape index (κ2) is 3.92. The predicted octanol–water partition coefficient (Wildman–Crippen LogP) is 2.56. The van der Waals surface area contributed by atoms with E-state index in [4.69, 9.17) is 5.26 Å². The first-order valence-electron chi connectivity index (χ1n) is 4.13. The molecule has 0 saturated carbocycles. The molecule has 0 saturated heterocycles. The lowest BCUT2D eigenvalue weighted by Crippen LogP contribution is -1.96. The van der Waals surface area contributed by atoms with Crippen molar-refractivity contribution < 1.29 is 0 Å². The highest BCUT2D eigenvalue weighted by atomic mass is 14.2. The lowest BCUT2D eigenvalue weighted by atomic mass is 9.99. The molecule has 0 aliphatic heterocycles. The van der Waals surface area contributed by atoms with Gasteiger partial charge in [-0.15, -0.1) is 0 Å². The van der Waals surface area contributed by atoms with E-state index in [0.717, 1.165) is 17.5 Å². The molecule has 0 atom stereocenters. The van der Waals surface area contributed by atoms with Gasteiger partial charge in [0.25, 0.3) is 0 Å². The minimum Gasteiger partial charge on any atom is -0.192 e. The molecule has 1 nitrogen and oxygen atoms in total. The fraction of sp³-hybridized carbons (Fsp3) is 0.364. The van der Waals surface area contributed by atoms with Gasteiger partial charge < -0.3 is 0 Å². The van der Waals surface area contributed by atoms with E-state index in [2.05, 4.69) is 26.0 Å². The summed E-state index contributed by atoms with van der Waals surface area (Å²) in [7, 11) is 0. The minimum absolute atomic E-state index is 0.597. The average molecular weight is 158 g/mol. The van der Waals surface area contributed by atoms with Crippen molar-refractivity contribution in [1.29, 1.82) is 5.26 Å². The minimum atomic E-state index is 0.597. The van der Waals surface area contributed by atoms with Gasteiger partial charge in [-0.3, -0.25) is 0 Å². The Labute approximate surface area is 73.6 Å². The fourth-order valence-electron chi connectivity index (χ4n) is 1.18. The molecule has 0 aliphatic rings. The first-order chi connectivity index (χ1) is 5.74. The Morgan fingerprint density at radius 2 is 2.33 bits per heavy atom. The summed E-state index contributed by atoms with van der Waals surface area (Å²) in [5.41, 5.74) is 1.89. The summed E-state index contributed by atoms with van der Waals surface area (Å²) < 4.78 is 0. The topological polar surface area (TPSA) is 23.8 Å². The zero-order chi connectivity index (χ0) is 8.97. The molecule has 0 N–H and O–H groups in total. The lowest BCUT2D eigenvalue weighted by molar-refractivity contribution is 0.646. The second-order valence-corrected chi connectivity index (χ2v) is 3.29. The standard InChI is InChI=1S/C11H12N/c1-9(2)7-10-5-3-4-6-11(10)8-12/h3,5-6,9H,7H2,1-2H3. The molecule has 0 aliphatic carbocycles. The summed E-state index contributed by atoms with van der Waals surface area (Å²) in [6.07, 6.45) is 0.970. The largest absolute Gasteiger partial charge is 0.192 e. The van der Waals surface area contributed by atoms with E-state index in [9.17, 15) is 0 Å². The Morgan fingerprint density at radius 3 is 2.92 bits per heavy atom. The fourth-order valence-corrected chi connectivity index (χ4v) is 1.18. The predicted molar refractivity (Wildman–Crippen MR) is 48.5 cm³/mol. The van der Waals surface area contributed by atoms with Crippen LogP contribution >= 0.6 is 0 Å². The number of rotatable bonds is 2. The van der Waals surface area contributed by atoms with Crippen molar-refractivity contribution in [3.63, 3.8) is 0 Å². The van der Waals surface area contributed by atoms with Gasteiger partial charge in [-0.25, -0.2) is 0 Å². The quantitative estimate of drug-likeness (QED) is 0.649. The van der Waals surface area contributed by atoms with E-state index in [1.54, 1.807) is 6.07 Å². The van der Waals surface area contributed by atoms with Crippen molar-refractivity contribution >= 4 is 0 Å². The highest BCUT2D eigenvalue weighted by Gasteiger charge is 2.02. The van der Waals surface area contributed by atoms with Crippen molar-refractivity contribution in [1.82, 2.24) is 0 Å². The van der Waals surface area contributed by atoms with E-state index in [1.165, 1.54) is 0 Å². The molecule has 0 heterocycles. The van der Waals surface area contributed by atoms with Crippen LogP contribution in [-0.2, 0) is 6.42 Å². The molecule has 1 heteroatoms. The van der Waals surface area contributed by atoms with Crippen molar-refractivity contribution in [3.8, 4) is 6.07 Å². The third-order valence-corrected chi connectivity index (χ3v) is 1.70. The Bertz CT molecular complexity index is 294. The highest BCUT2D eigenvalue weighted by Crippen LogP contribution is 2.11. The first-order valence-corrected chi connectivity index (χ1v) is 4.13. The molecule has 1 aromatic rings. The molecule has 0 spiro atoms. The van der Waals surface area contributed by atoms with Crippen LogP contribution in [0, 0.1) is 23.3 Å². The molecule has 1 radical (unpaired) electrons. The van der Waals surface area contributed by atoms with E-state index >= 15 is 0 Å². The summed E-state index contributed by atoms with van der Waals surface area (Å²) >= 11 is 0. The van der Waals surface area contributed by atoms with E-state index in [0.29, 0.717) is 5.92 Å². The third-order valence-electron chi connectivity index (χ3n) is 1.70. The first kappa shape index (κ1) is 8.80. The van der Waals surface area contributed by atoms with E-state index in [1.807, 2.05) is 12.1 Å². The summed E-state index contributed by atoms with van der Waals surface area (Å²) in [5.74, 6) is 0.597. The number of benzene rings is 1. The van der Waals surface area contributed by atoms with Crippen LogP contribution in [0.25, 0.3) is 0 Å². The number of nitriles is 1. The van der Waals surface area contributed by atoms with Crippen LogP contribution < -0.4 is 0 Å². The summed E-state index contributed by atoms with van der Waals surface area (Å²) in [4.78, 5) is 0. The monoisotopic (exact) mass is 158 g/mol. The summed E-state index contributed by atoms with van der Waals surface area (Å²) in [6, 6.07) is 10.7. The van der Waals surface area contributed by atoms with Gasteiger partial charge in [0, 0.05) is 0 Å². The smallest absolute Gasteiger partial charge is 0.0994 e. The Kier molecular flexibility index (Phi) is 2.88. The average Bonchev–Trinajstić information content (AvgIpc) is 2.04. The maximum absolute atomic E-state index is 8.76. The zero-order valence-corrected chi connectivity index (χ0v) is 7.46. The number of hydrogen-bond acceptors (Lipinski definition) is 1. The highest BCUT2D eigenvalue weighted by molar-refractivity contribution is 5.36. The molecule has 12 heavy (non-hydrogen) atoms. The number of hydrogen-bond donors (Lipinski definition) is 0. The summed E-state index contributed by atoms with van der Waals surface area (Å²) in [5, 5.41) is 8.76. The van der Waals surface area contributed by atoms with Crippen molar-refractivity contribution in [2.75, 3.05) is 0 Å². The lowest BCUT2D eigenvalue weighted by Gasteiger charge is -2.05. The SMILES string of the molecule is CC(C)Cc1cc[c]cc1C#N. The van der Waals surface area contributed by atoms with Gasteiger partial charge in [0.05, 0.1) is 11.6 Å². The van der Waals surface area contributed by atoms with Gasteiger partial charge in [-0.05, 0) is 30.0 Å². The van der Waals surface area contributed by atoms with Gasteiger partial charge >= 0.3 is 0 Å². The zero-order valence-electron chi connectivity index (χ0n) is 7.46. The van der Waals surface area contributed by atoms with Crippen LogP contribution in [0.3, 0.4) is 0 Å². The van der Waals surface area contributed by atoms with Crippen LogP contribution in [-0.4, -0.2) is 0 Å². The molecule has 1 aromatic carbocycles. The second-order valence-electron chi connectivity index (χ2n) is 3.29. The molecule has 61 valence electrons. The van der Waals surface area contributed by atoms with Gasteiger partial charge in [-0.2, -0.15) is 5.26 Å². The molecular weight excluding hydrogens is 146 g/mol. The normalized spacial score (nSPS) is 9.83. The molecular formula is C11H12N. The maximum atomic E-state index is 8.76. The van der Waals surface area contributed by atoms with Crippen molar-refractivity contribution in [2.24, 2.45) is 5.92 Å². The summed E-state index contributed by atoms with van der Waals surface area (Å²) in [6.45, 7) is 4.30. The third kappa shape index (κ3) is 2.10. The van der Waals surface area contributed by atoms with Crippen LogP contribution in [0.4, 0.5) is 0 Å².